The van der Waals surface area contributed by atoms with Gasteiger partial charge in [0.05, 0.1) is 0 Å². The lowest BCUT2D eigenvalue weighted by atomic mass is 10.6. The third-order valence-corrected chi connectivity index (χ3v) is 1.14. The molecule has 3 heteroatoms. The van der Waals surface area contributed by atoms with Gasteiger partial charge < -0.3 is 0 Å². The van der Waals surface area contributed by atoms with Gasteiger partial charge in [0.15, 0.2) is 5.83 Å². The molecule has 0 aliphatic heterocycles. The zero-order valence-corrected chi connectivity index (χ0v) is 5.78. The topological polar surface area (TPSA) is 12.4 Å². The maximum atomic E-state index is 12.1. The van der Waals surface area contributed by atoms with Crippen LogP contribution in [-0.4, -0.2) is 6.72 Å². The molecule has 8 heavy (non-hydrogen) atoms. The first-order valence-corrected chi connectivity index (χ1v) is 2.66. The average molecular weight is 178 g/mol. The van der Waals surface area contributed by atoms with E-state index in [2.05, 4.69) is 34.2 Å². The zero-order valence-electron chi connectivity index (χ0n) is 4.19. The summed E-state index contributed by atoms with van der Waals surface area (Å²) in [7, 11) is 0. The van der Waals surface area contributed by atoms with Crippen molar-refractivity contribution in [3.05, 3.63) is 23.1 Å². The fourth-order valence-corrected chi connectivity index (χ4v) is 0.322. The third kappa shape index (κ3) is 2.02. The van der Waals surface area contributed by atoms with E-state index in [1.807, 2.05) is 0 Å². The van der Waals surface area contributed by atoms with Crippen molar-refractivity contribution in [3.8, 4) is 0 Å². The molecule has 44 valence electrons. The summed E-state index contributed by atoms with van der Waals surface area (Å²) in [5.74, 6) is -0.500. The van der Waals surface area contributed by atoms with Gasteiger partial charge in [0.25, 0.3) is 0 Å². The predicted molar refractivity (Wildman–Crippen MR) is 36.8 cm³/mol. The molecule has 0 spiro atoms. The minimum Gasteiger partial charge on any atom is -0.254 e. The van der Waals surface area contributed by atoms with Gasteiger partial charge in [-0.1, -0.05) is 6.58 Å². The molecule has 0 heterocycles. The van der Waals surface area contributed by atoms with Gasteiger partial charge in [-0.2, -0.15) is 0 Å². The number of aliphatic imine (C=N–C) groups is 1. The van der Waals surface area contributed by atoms with Gasteiger partial charge in [-0.25, -0.2) is 4.39 Å². The Morgan fingerprint density at radius 3 is 2.38 bits per heavy atom. The number of rotatable bonds is 2. The molecule has 0 bridgehead atoms. The first kappa shape index (κ1) is 7.56. The van der Waals surface area contributed by atoms with Gasteiger partial charge in [-0.3, -0.25) is 4.99 Å². The van der Waals surface area contributed by atoms with Gasteiger partial charge >= 0.3 is 0 Å². The Labute approximate surface area is 55.7 Å². The summed E-state index contributed by atoms with van der Waals surface area (Å²) in [6.07, 6.45) is 1.05. The fourth-order valence-electron chi connectivity index (χ4n) is 0.160. The normalized spacial score (nSPS) is 12.2. The smallest absolute Gasteiger partial charge is 0.155 e. The lowest BCUT2D eigenvalue weighted by Gasteiger charge is -1.84. The number of halogens is 2. The van der Waals surface area contributed by atoms with Crippen LogP contribution in [0.25, 0.3) is 0 Å². The molecule has 0 aromatic carbocycles. The van der Waals surface area contributed by atoms with E-state index in [4.69, 9.17) is 0 Å². The molecule has 0 aromatic rings. The summed E-state index contributed by atoms with van der Waals surface area (Å²) >= 11 is 2.81. The largest absolute Gasteiger partial charge is 0.254 e. The summed E-state index contributed by atoms with van der Waals surface area (Å²) < 4.78 is 12.2. The zero-order chi connectivity index (χ0) is 6.57. The van der Waals surface area contributed by atoms with E-state index in [0.29, 0.717) is 0 Å². The summed E-state index contributed by atoms with van der Waals surface area (Å²) in [6, 6.07) is 0. The summed E-state index contributed by atoms with van der Waals surface area (Å²) in [5.41, 5.74) is 0. The summed E-state index contributed by atoms with van der Waals surface area (Å²) in [6.45, 7) is 6.27. The lowest BCUT2D eigenvalue weighted by molar-refractivity contribution is 0.662. The monoisotopic (exact) mass is 177 g/mol. The van der Waals surface area contributed by atoms with Crippen molar-refractivity contribution in [1.29, 1.82) is 0 Å². The van der Waals surface area contributed by atoms with Crippen LogP contribution in [0.5, 0.6) is 0 Å². The van der Waals surface area contributed by atoms with Crippen molar-refractivity contribution in [1.82, 2.24) is 0 Å². The number of hydrogen-bond donors (Lipinski definition) is 0. The SMILES string of the molecule is C=C/C(F)=C(/Br)N=C. The number of nitrogens with zero attached hydrogens (tertiary/aromatic N) is 1. The van der Waals surface area contributed by atoms with Crippen LogP contribution in [0.2, 0.25) is 0 Å². The van der Waals surface area contributed by atoms with Gasteiger partial charge in [0, 0.05) is 0 Å². The van der Waals surface area contributed by atoms with Crippen LogP contribution in [-0.2, 0) is 0 Å². The van der Waals surface area contributed by atoms with E-state index in [-0.39, 0.29) is 4.61 Å². The molecule has 0 aromatic heterocycles. The second-order valence-corrected chi connectivity index (χ2v) is 1.75. The minimum atomic E-state index is -0.500. The Hall–Kier alpha value is -0.440. The van der Waals surface area contributed by atoms with Crippen LogP contribution >= 0.6 is 15.9 Å². The van der Waals surface area contributed by atoms with E-state index >= 15 is 0 Å². The van der Waals surface area contributed by atoms with Crippen molar-refractivity contribution in [2.24, 2.45) is 4.99 Å². The lowest BCUT2D eigenvalue weighted by Crippen LogP contribution is -1.66. The Bertz CT molecular complexity index is 123. The van der Waals surface area contributed by atoms with Gasteiger partial charge in [0.1, 0.15) is 4.61 Å². The molecule has 0 amide bonds. The van der Waals surface area contributed by atoms with Gasteiger partial charge in [-0.15, -0.1) is 0 Å². The summed E-state index contributed by atoms with van der Waals surface area (Å²) in [4.78, 5) is 3.26. The van der Waals surface area contributed by atoms with Crippen molar-refractivity contribution in [2.75, 3.05) is 0 Å². The molecule has 0 saturated heterocycles. The Morgan fingerprint density at radius 1 is 1.75 bits per heavy atom. The first-order chi connectivity index (χ1) is 3.72. The van der Waals surface area contributed by atoms with E-state index in [1.54, 1.807) is 0 Å². The van der Waals surface area contributed by atoms with Crippen LogP contribution in [0.3, 0.4) is 0 Å². The van der Waals surface area contributed by atoms with Crippen molar-refractivity contribution < 1.29 is 4.39 Å². The first-order valence-electron chi connectivity index (χ1n) is 1.86. The molecular weight excluding hydrogens is 173 g/mol. The maximum absolute atomic E-state index is 12.1. The second-order valence-electron chi connectivity index (χ2n) is 1.00. The molecule has 0 aliphatic rings. The molecule has 0 radical (unpaired) electrons. The summed E-state index contributed by atoms with van der Waals surface area (Å²) in [5, 5.41) is 0. The fraction of sp³-hybridized carbons (Fsp3) is 0. The molecule has 0 N–H and O–H groups in total. The van der Waals surface area contributed by atoms with Crippen molar-refractivity contribution in [2.45, 2.75) is 0 Å². The van der Waals surface area contributed by atoms with E-state index in [0.717, 1.165) is 6.08 Å². The van der Waals surface area contributed by atoms with E-state index in [1.165, 1.54) is 0 Å². The Morgan fingerprint density at radius 2 is 2.25 bits per heavy atom. The molecule has 1 nitrogen and oxygen atoms in total. The van der Waals surface area contributed by atoms with Crippen molar-refractivity contribution in [3.63, 3.8) is 0 Å². The Kier molecular flexibility index (Phi) is 3.35. The third-order valence-electron chi connectivity index (χ3n) is 0.515. The van der Waals surface area contributed by atoms with Crippen LogP contribution < -0.4 is 0 Å². The van der Waals surface area contributed by atoms with Crippen LogP contribution in [0.4, 0.5) is 4.39 Å². The highest BCUT2D eigenvalue weighted by Gasteiger charge is 1.91. The highest BCUT2D eigenvalue weighted by Crippen LogP contribution is 2.13. The number of allylic oxidation sites excluding steroid dienone is 2. The van der Waals surface area contributed by atoms with Crippen LogP contribution in [0, 0.1) is 0 Å². The highest BCUT2D eigenvalue weighted by molar-refractivity contribution is 9.11. The molecule has 0 rings (SSSR count). The van der Waals surface area contributed by atoms with Crippen LogP contribution in [0.1, 0.15) is 0 Å². The highest BCUT2D eigenvalue weighted by atomic mass is 79.9. The average Bonchev–Trinajstić information content (AvgIpc) is 1.84. The van der Waals surface area contributed by atoms with E-state index in [9.17, 15) is 4.39 Å². The van der Waals surface area contributed by atoms with Gasteiger partial charge in [-0.05, 0) is 28.7 Å². The second kappa shape index (κ2) is 3.55. The molecule has 0 saturated carbocycles. The predicted octanol–water partition coefficient (Wildman–Crippen LogP) is 2.41. The molecule has 0 unspecified atom stereocenters. The quantitative estimate of drug-likeness (QED) is 0.349. The molecule has 0 fully saturated rings. The molecular formula is C5H5BrFN. The molecule has 0 aliphatic carbocycles. The Balaban J connectivity index is 4.25. The van der Waals surface area contributed by atoms with Crippen molar-refractivity contribution >= 4 is 22.6 Å². The number of hydrogen-bond acceptors (Lipinski definition) is 1. The molecule has 0 atom stereocenters. The van der Waals surface area contributed by atoms with Crippen LogP contribution in [0.15, 0.2) is 28.1 Å². The maximum Gasteiger partial charge on any atom is 0.155 e. The standard InChI is InChI=1S/C5H5BrFN/c1-3-4(7)5(6)8-2/h3H,1-2H2/b5-4+. The minimum absolute atomic E-state index is 0.0903. The van der Waals surface area contributed by atoms with Gasteiger partial charge in [0.2, 0.25) is 0 Å². The van der Waals surface area contributed by atoms with E-state index < -0.39 is 5.83 Å².